The van der Waals surface area contributed by atoms with Gasteiger partial charge in [0, 0.05) is 12.6 Å². The van der Waals surface area contributed by atoms with Gasteiger partial charge in [0.05, 0.1) is 17.4 Å². The van der Waals surface area contributed by atoms with E-state index in [1.807, 2.05) is 24.5 Å². The van der Waals surface area contributed by atoms with Crippen molar-refractivity contribution in [3.8, 4) is 0 Å². The molecule has 0 saturated carbocycles. The van der Waals surface area contributed by atoms with Crippen molar-refractivity contribution >= 4 is 11.0 Å². The van der Waals surface area contributed by atoms with Gasteiger partial charge in [-0.2, -0.15) is 0 Å². The molecule has 1 aromatic heterocycles. The first-order chi connectivity index (χ1) is 7.18. The van der Waals surface area contributed by atoms with Gasteiger partial charge in [0.2, 0.25) is 0 Å². The number of aromatic nitrogens is 2. The third-order valence-corrected chi connectivity index (χ3v) is 2.79. The van der Waals surface area contributed by atoms with E-state index in [1.54, 1.807) is 0 Å². The van der Waals surface area contributed by atoms with E-state index in [0.717, 1.165) is 17.6 Å². The van der Waals surface area contributed by atoms with Crippen molar-refractivity contribution in [2.45, 2.75) is 26.4 Å². The fourth-order valence-electron chi connectivity index (χ4n) is 1.59. The second-order valence-corrected chi connectivity index (χ2v) is 4.29. The summed E-state index contributed by atoms with van der Waals surface area (Å²) in [5, 5.41) is 0. The van der Waals surface area contributed by atoms with Crippen molar-refractivity contribution in [2.24, 2.45) is 11.7 Å². The third-order valence-electron chi connectivity index (χ3n) is 2.79. The maximum atomic E-state index is 6.05. The summed E-state index contributed by atoms with van der Waals surface area (Å²) in [4.78, 5) is 4.34. The monoisotopic (exact) mass is 203 g/mol. The summed E-state index contributed by atoms with van der Waals surface area (Å²) in [5.74, 6) is 0.492. The number of fused-ring (bicyclic) bond motifs is 1. The van der Waals surface area contributed by atoms with Gasteiger partial charge in [-0.05, 0) is 18.1 Å². The first kappa shape index (κ1) is 10.2. The molecule has 15 heavy (non-hydrogen) atoms. The lowest BCUT2D eigenvalue weighted by molar-refractivity contribution is 0.438. The zero-order valence-corrected chi connectivity index (χ0v) is 9.22. The maximum absolute atomic E-state index is 6.05. The highest BCUT2D eigenvalue weighted by Crippen LogP contribution is 2.13. The van der Waals surface area contributed by atoms with E-state index < -0.39 is 0 Å². The summed E-state index contributed by atoms with van der Waals surface area (Å²) in [6.07, 6.45) is 1.87. The van der Waals surface area contributed by atoms with Crippen molar-refractivity contribution in [2.75, 3.05) is 0 Å². The van der Waals surface area contributed by atoms with Crippen LogP contribution in [0.4, 0.5) is 0 Å². The van der Waals surface area contributed by atoms with Gasteiger partial charge < -0.3 is 10.3 Å². The lowest BCUT2D eigenvalue weighted by Gasteiger charge is -2.16. The molecule has 0 amide bonds. The molecular weight excluding hydrogens is 186 g/mol. The van der Waals surface area contributed by atoms with Gasteiger partial charge in [-0.1, -0.05) is 26.0 Å². The Morgan fingerprint density at radius 2 is 2.07 bits per heavy atom. The zero-order chi connectivity index (χ0) is 10.8. The second-order valence-electron chi connectivity index (χ2n) is 4.29. The molecule has 3 nitrogen and oxygen atoms in total. The van der Waals surface area contributed by atoms with Crippen molar-refractivity contribution in [1.82, 2.24) is 9.55 Å². The molecule has 1 atom stereocenters. The Bertz CT molecular complexity index is 445. The molecule has 0 radical (unpaired) electrons. The van der Waals surface area contributed by atoms with E-state index in [-0.39, 0.29) is 6.04 Å². The van der Waals surface area contributed by atoms with E-state index in [1.165, 1.54) is 0 Å². The average Bonchev–Trinajstić information content (AvgIpc) is 2.62. The van der Waals surface area contributed by atoms with Crippen molar-refractivity contribution in [1.29, 1.82) is 0 Å². The van der Waals surface area contributed by atoms with Crippen LogP contribution in [-0.4, -0.2) is 15.6 Å². The van der Waals surface area contributed by atoms with Gasteiger partial charge >= 0.3 is 0 Å². The highest BCUT2D eigenvalue weighted by molar-refractivity contribution is 5.74. The maximum Gasteiger partial charge on any atom is 0.0958 e. The molecule has 0 aliphatic carbocycles. The first-order valence-corrected chi connectivity index (χ1v) is 5.34. The summed E-state index contributed by atoms with van der Waals surface area (Å²) in [6.45, 7) is 5.12. The minimum Gasteiger partial charge on any atom is -0.329 e. The van der Waals surface area contributed by atoms with Crippen LogP contribution in [0.2, 0.25) is 0 Å². The van der Waals surface area contributed by atoms with Crippen LogP contribution < -0.4 is 5.73 Å². The number of hydrogen-bond acceptors (Lipinski definition) is 2. The van der Waals surface area contributed by atoms with Crippen LogP contribution in [0, 0.1) is 5.92 Å². The number of para-hydroxylation sites is 2. The molecule has 2 aromatic rings. The summed E-state index contributed by atoms with van der Waals surface area (Å²) >= 11 is 0. The second kappa shape index (κ2) is 4.03. The molecule has 0 aliphatic rings. The summed E-state index contributed by atoms with van der Waals surface area (Å²) in [7, 11) is 0. The number of rotatable bonds is 3. The summed E-state index contributed by atoms with van der Waals surface area (Å²) in [5.41, 5.74) is 8.25. The normalized spacial score (nSPS) is 13.6. The highest BCUT2D eigenvalue weighted by Gasteiger charge is 2.09. The Morgan fingerprint density at radius 3 is 2.80 bits per heavy atom. The molecule has 3 heteroatoms. The molecule has 1 aromatic carbocycles. The number of hydrogen-bond donors (Lipinski definition) is 1. The topological polar surface area (TPSA) is 43.8 Å². The summed E-state index contributed by atoms with van der Waals surface area (Å²) < 4.78 is 2.12. The minimum absolute atomic E-state index is 0.183. The van der Waals surface area contributed by atoms with E-state index in [4.69, 9.17) is 5.73 Å². The third kappa shape index (κ3) is 2.02. The van der Waals surface area contributed by atoms with Crippen LogP contribution in [0.25, 0.3) is 11.0 Å². The SMILES string of the molecule is CC(C)C(N)Cn1cnc2ccccc21. The smallest absolute Gasteiger partial charge is 0.0958 e. The standard InChI is InChI=1S/C12H17N3/c1-9(2)10(13)7-15-8-14-11-5-3-4-6-12(11)15/h3-6,8-10H,7,13H2,1-2H3. The van der Waals surface area contributed by atoms with E-state index >= 15 is 0 Å². The fourth-order valence-corrected chi connectivity index (χ4v) is 1.59. The molecule has 2 N–H and O–H groups in total. The van der Waals surface area contributed by atoms with Crippen LogP contribution in [0.15, 0.2) is 30.6 Å². The first-order valence-electron chi connectivity index (χ1n) is 5.34. The van der Waals surface area contributed by atoms with Gasteiger partial charge in [-0.25, -0.2) is 4.98 Å². The molecule has 0 aliphatic heterocycles. The Labute approximate surface area is 89.9 Å². The summed E-state index contributed by atoms with van der Waals surface area (Å²) in [6, 6.07) is 8.31. The van der Waals surface area contributed by atoms with Crippen molar-refractivity contribution in [3.05, 3.63) is 30.6 Å². The Balaban J connectivity index is 2.29. The number of nitrogens with zero attached hydrogens (tertiary/aromatic N) is 2. The average molecular weight is 203 g/mol. The predicted octanol–water partition coefficient (Wildman–Crippen LogP) is 2.02. The van der Waals surface area contributed by atoms with Crippen LogP contribution in [0.3, 0.4) is 0 Å². The molecule has 80 valence electrons. The van der Waals surface area contributed by atoms with Gasteiger partial charge in [-0.15, -0.1) is 0 Å². The molecule has 0 saturated heterocycles. The van der Waals surface area contributed by atoms with Crippen molar-refractivity contribution < 1.29 is 0 Å². The minimum atomic E-state index is 0.183. The molecule has 2 rings (SSSR count). The quantitative estimate of drug-likeness (QED) is 0.829. The molecule has 1 heterocycles. The van der Waals surface area contributed by atoms with Gasteiger partial charge in [0.25, 0.3) is 0 Å². The largest absolute Gasteiger partial charge is 0.329 e. The highest BCUT2D eigenvalue weighted by atomic mass is 15.1. The van der Waals surface area contributed by atoms with Gasteiger partial charge in [0.1, 0.15) is 0 Å². The predicted molar refractivity (Wildman–Crippen MR) is 62.5 cm³/mol. The fraction of sp³-hybridized carbons (Fsp3) is 0.417. The lowest BCUT2D eigenvalue weighted by Crippen LogP contribution is -2.31. The van der Waals surface area contributed by atoms with Crippen LogP contribution >= 0.6 is 0 Å². The lowest BCUT2D eigenvalue weighted by atomic mass is 10.1. The zero-order valence-electron chi connectivity index (χ0n) is 9.22. The van der Waals surface area contributed by atoms with Gasteiger partial charge in [0.15, 0.2) is 0 Å². The van der Waals surface area contributed by atoms with Crippen LogP contribution in [-0.2, 0) is 6.54 Å². The van der Waals surface area contributed by atoms with E-state index in [2.05, 4.69) is 29.5 Å². The van der Waals surface area contributed by atoms with Crippen LogP contribution in [0.1, 0.15) is 13.8 Å². The van der Waals surface area contributed by atoms with Crippen molar-refractivity contribution in [3.63, 3.8) is 0 Å². The van der Waals surface area contributed by atoms with Crippen LogP contribution in [0.5, 0.6) is 0 Å². The van der Waals surface area contributed by atoms with E-state index in [9.17, 15) is 0 Å². The van der Waals surface area contributed by atoms with E-state index in [0.29, 0.717) is 5.92 Å². The molecule has 1 unspecified atom stereocenters. The number of benzene rings is 1. The Morgan fingerprint density at radius 1 is 1.33 bits per heavy atom. The Kier molecular flexibility index (Phi) is 2.73. The Hall–Kier alpha value is -1.35. The molecule has 0 fully saturated rings. The molecule has 0 spiro atoms. The molecular formula is C12H17N3. The number of imidazole rings is 1. The number of nitrogens with two attached hydrogens (primary N) is 1. The van der Waals surface area contributed by atoms with Gasteiger partial charge in [-0.3, -0.25) is 0 Å². The molecule has 0 bridgehead atoms.